The van der Waals surface area contributed by atoms with Crippen LogP contribution in [0.25, 0.3) is 0 Å². The molecule has 0 heterocycles. The van der Waals surface area contributed by atoms with Gasteiger partial charge in [-0.2, -0.15) is 8.78 Å². The molecule has 0 radical (unpaired) electrons. The van der Waals surface area contributed by atoms with Crippen LogP contribution in [0.4, 0.5) is 13.2 Å². The molecule has 2 unspecified atom stereocenters. The van der Waals surface area contributed by atoms with Crippen molar-refractivity contribution < 1.29 is 13.2 Å². The zero-order valence-corrected chi connectivity index (χ0v) is 11.7. The van der Waals surface area contributed by atoms with Gasteiger partial charge in [-0.1, -0.05) is 11.8 Å². The highest BCUT2D eigenvalue weighted by Crippen LogP contribution is 2.64. The van der Waals surface area contributed by atoms with E-state index in [0.29, 0.717) is 49.3 Å². The number of hydrogen-bond acceptors (Lipinski definition) is 1. The Morgan fingerprint density at radius 1 is 1.17 bits per heavy atom. The Labute approximate surface area is 111 Å². The number of halogens is 3. The lowest BCUT2D eigenvalue weighted by atomic mass is 9.47. The predicted octanol–water partition coefficient (Wildman–Crippen LogP) is 5.03. The second-order valence-electron chi connectivity index (χ2n) is 6.95. The van der Waals surface area contributed by atoms with Gasteiger partial charge in [0.15, 0.2) is 0 Å². The third-order valence-corrected chi connectivity index (χ3v) is 6.16. The van der Waals surface area contributed by atoms with E-state index in [-0.39, 0.29) is 11.8 Å². The molecule has 4 rings (SSSR count). The highest BCUT2D eigenvalue weighted by Gasteiger charge is 2.58. The number of rotatable bonds is 4. The molecule has 0 aromatic heterocycles. The van der Waals surface area contributed by atoms with Gasteiger partial charge in [-0.15, -0.1) is 0 Å². The Morgan fingerprint density at radius 3 is 2.28 bits per heavy atom. The van der Waals surface area contributed by atoms with E-state index in [0.717, 1.165) is 19.3 Å². The summed E-state index contributed by atoms with van der Waals surface area (Å²) in [7, 11) is 0. The van der Waals surface area contributed by atoms with E-state index in [9.17, 15) is 13.2 Å². The molecule has 18 heavy (non-hydrogen) atoms. The first-order chi connectivity index (χ1) is 8.34. The molecule has 0 aromatic rings. The van der Waals surface area contributed by atoms with E-state index < -0.39 is 10.9 Å². The third-order valence-electron chi connectivity index (χ3n) is 5.36. The van der Waals surface area contributed by atoms with Crippen molar-refractivity contribution in [3.63, 3.8) is 0 Å². The molecule has 0 aromatic carbocycles. The summed E-state index contributed by atoms with van der Waals surface area (Å²) >= 11 is 0.628. The van der Waals surface area contributed by atoms with E-state index in [4.69, 9.17) is 0 Å². The van der Waals surface area contributed by atoms with Gasteiger partial charge in [0.05, 0.1) is 0 Å². The van der Waals surface area contributed by atoms with Crippen LogP contribution in [0.1, 0.15) is 51.4 Å². The van der Waals surface area contributed by atoms with Crippen LogP contribution in [0.3, 0.4) is 0 Å². The summed E-state index contributed by atoms with van der Waals surface area (Å²) in [6.45, 7) is 0. The molecule has 4 bridgehead atoms. The van der Waals surface area contributed by atoms with Crippen molar-refractivity contribution >= 4 is 11.8 Å². The topological polar surface area (TPSA) is 0 Å². The van der Waals surface area contributed by atoms with Crippen molar-refractivity contribution in [2.75, 3.05) is 6.26 Å². The van der Waals surface area contributed by atoms with Gasteiger partial charge in [-0.3, -0.25) is 0 Å². The summed E-state index contributed by atoms with van der Waals surface area (Å²) in [6, 6.07) is 0. The van der Waals surface area contributed by atoms with Crippen molar-refractivity contribution in [3.8, 4) is 0 Å². The normalized spacial score (nSPS) is 46.7. The minimum Gasteiger partial charge on any atom is -0.244 e. The van der Waals surface area contributed by atoms with Gasteiger partial charge in [0.1, 0.15) is 5.67 Å². The van der Waals surface area contributed by atoms with Gasteiger partial charge in [-0.25, -0.2) is 4.39 Å². The molecule has 104 valence electrons. The quantitative estimate of drug-likeness (QED) is 0.695. The van der Waals surface area contributed by atoms with Crippen LogP contribution in [0.5, 0.6) is 0 Å². The predicted molar refractivity (Wildman–Crippen MR) is 68.7 cm³/mol. The molecule has 0 nitrogen and oxygen atoms in total. The Kier molecular flexibility index (Phi) is 2.97. The summed E-state index contributed by atoms with van der Waals surface area (Å²) in [5, 5.41) is -2.63. The average molecular weight is 278 g/mol. The first-order valence-electron chi connectivity index (χ1n) is 6.96. The van der Waals surface area contributed by atoms with Crippen LogP contribution >= 0.6 is 11.8 Å². The zero-order valence-electron chi connectivity index (χ0n) is 10.9. The molecule has 4 aliphatic rings. The van der Waals surface area contributed by atoms with E-state index in [2.05, 4.69) is 0 Å². The lowest BCUT2D eigenvalue weighted by Crippen LogP contribution is -2.53. The lowest BCUT2D eigenvalue weighted by molar-refractivity contribution is -0.130. The van der Waals surface area contributed by atoms with E-state index >= 15 is 0 Å². The summed E-state index contributed by atoms with van der Waals surface area (Å²) in [4.78, 5) is 0. The second-order valence-corrected chi connectivity index (χ2v) is 7.96. The largest absolute Gasteiger partial charge is 0.293 e. The number of hydrogen-bond donors (Lipinski definition) is 0. The molecule has 4 saturated carbocycles. The second kappa shape index (κ2) is 4.07. The molecule has 4 aliphatic carbocycles. The molecule has 0 spiro atoms. The SMILES string of the molecule is CSC(F)(F)CCC12CC3CC(CC(F)(C3)C1)C2. The average Bonchev–Trinajstić information content (AvgIpc) is 2.23. The van der Waals surface area contributed by atoms with Crippen LogP contribution in [0, 0.1) is 17.3 Å². The number of thioether (sulfide) groups is 1. The van der Waals surface area contributed by atoms with Crippen LogP contribution in [0.15, 0.2) is 0 Å². The standard InChI is InChI=1S/C14H21F3S/c1-18-14(16,17)3-2-12-5-10-4-11(6-12)8-13(15,7-10)9-12/h10-11H,2-9H2,1H3. The minimum atomic E-state index is -2.63. The minimum absolute atomic E-state index is 0.0797. The van der Waals surface area contributed by atoms with Crippen LogP contribution in [-0.2, 0) is 0 Å². The first-order valence-corrected chi connectivity index (χ1v) is 8.18. The Balaban J connectivity index is 1.71. The van der Waals surface area contributed by atoms with Crippen molar-refractivity contribution in [2.24, 2.45) is 17.3 Å². The number of alkyl halides is 3. The summed E-state index contributed by atoms with van der Waals surface area (Å²) in [5.74, 6) is 0.943. The Morgan fingerprint density at radius 2 is 1.78 bits per heavy atom. The van der Waals surface area contributed by atoms with Gasteiger partial charge in [0.2, 0.25) is 0 Å². The maximum absolute atomic E-state index is 14.6. The van der Waals surface area contributed by atoms with Gasteiger partial charge < -0.3 is 0 Å². The highest BCUT2D eigenvalue weighted by atomic mass is 32.2. The molecule has 0 N–H and O–H groups in total. The summed E-state index contributed by atoms with van der Waals surface area (Å²) in [5.41, 5.74) is -1.11. The maximum Gasteiger partial charge on any atom is 0.293 e. The van der Waals surface area contributed by atoms with Crippen LogP contribution in [0.2, 0.25) is 0 Å². The first kappa shape index (κ1) is 13.1. The Bertz CT molecular complexity index is 328. The maximum atomic E-state index is 14.6. The third kappa shape index (κ3) is 2.30. The molecule has 0 aliphatic heterocycles. The van der Waals surface area contributed by atoms with Crippen molar-refractivity contribution in [3.05, 3.63) is 0 Å². The highest BCUT2D eigenvalue weighted by molar-refractivity contribution is 7.99. The molecular weight excluding hydrogens is 257 g/mol. The fraction of sp³-hybridized carbons (Fsp3) is 1.00. The van der Waals surface area contributed by atoms with Crippen molar-refractivity contribution in [1.82, 2.24) is 0 Å². The summed E-state index contributed by atoms with van der Waals surface area (Å²) in [6.07, 6.45) is 6.98. The molecular formula is C14H21F3S. The summed E-state index contributed by atoms with van der Waals surface area (Å²) < 4.78 is 41.4. The molecule has 0 saturated heterocycles. The van der Waals surface area contributed by atoms with Crippen molar-refractivity contribution in [2.45, 2.75) is 62.3 Å². The lowest BCUT2D eigenvalue weighted by Gasteiger charge is -2.59. The monoisotopic (exact) mass is 278 g/mol. The van der Waals surface area contributed by atoms with Gasteiger partial charge in [0.25, 0.3) is 5.25 Å². The zero-order chi connectivity index (χ0) is 13.0. The van der Waals surface area contributed by atoms with Gasteiger partial charge in [0, 0.05) is 6.42 Å². The molecule has 4 fully saturated rings. The molecule has 0 amide bonds. The van der Waals surface area contributed by atoms with Gasteiger partial charge >= 0.3 is 0 Å². The van der Waals surface area contributed by atoms with E-state index in [1.165, 1.54) is 6.26 Å². The van der Waals surface area contributed by atoms with E-state index in [1.54, 1.807) is 0 Å². The van der Waals surface area contributed by atoms with Crippen molar-refractivity contribution in [1.29, 1.82) is 0 Å². The smallest absolute Gasteiger partial charge is 0.244 e. The van der Waals surface area contributed by atoms with Gasteiger partial charge in [-0.05, 0) is 68.5 Å². The Hall–Kier alpha value is 0.140. The van der Waals surface area contributed by atoms with E-state index in [1.807, 2.05) is 0 Å². The molecule has 4 heteroatoms. The van der Waals surface area contributed by atoms with Crippen LogP contribution in [-0.4, -0.2) is 17.2 Å². The fourth-order valence-electron chi connectivity index (χ4n) is 5.14. The van der Waals surface area contributed by atoms with Crippen LogP contribution < -0.4 is 0 Å². The fourth-order valence-corrected chi connectivity index (χ4v) is 5.45. The molecule has 2 atom stereocenters.